The van der Waals surface area contributed by atoms with Crippen molar-refractivity contribution in [3.8, 4) is 0 Å². The number of carbonyl (C=O) groups is 1. The summed E-state index contributed by atoms with van der Waals surface area (Å²) in [6, 6.07) is 12.5. The highest BCUT2D eigenvalue weighted by Gasteiger charge is 2.46. The number of pyridine rings is 1. The fourth-order valence-electron chi connectivity index (χ4n) is 4.21. The highest BCUT2D eigenvalue weighted by atomic mass is 16.5. The van der Waals surface area contributed by atoms with Crippen molar-refractivity contribution in [2.45, 2.75) is 45.6 Å². The number of fused-ring (bicyclic) bond motifs is 1. The van der Waals surface area contributed by atoms with E-state index in [9.17, 15) is 4.79 Å². The number of esters is 1. The van der Waals surface area contributed by atoms with Crippen LogP contribution < -0.4 is 0 Å². The van der Waals surface area contributed by atoms with Gasteiger partial charge in [0.25, 0.3) is 0 Å². The van der Waals surface area contributed by atoms with Gasteiger partial charge < -0.3 is 4.74 Å². The Labute approximate surface area is 155 Å². The van der Waals surface area contributed by atoms with Crippen molar-refractivity contribution in [2.24, 2.45) is 11.3 Å². The Bertz CT molecular complexity index is 777. The van der Waals surface area contributed by atoms with Crippen molar-refractivity contribution >= 4 is 16.9 Å². The van der Waals surface area contributed by atoms with Gasteiger partial charge in [-0.15, -0.1) is 0 Å². The Balaban J connectivity index is 1.41. The number of carbonyl (C=O) groups excluding carboxylic acids is 1. The summed E-state index contributed by atoms with van der Waals surface area (Å²) in [5.74, 6) is 0.781. The monoisotopic (exact) mass is 352 g/mol. The van der Waals surface area contributed by atoms with E-state index in [1.807, 2.05) is 19.1 Å². The van der Waals surface area contributed by atoms with Gasteiger partial charge in [-0.2, -0.15) is 0 Å². The number of likely N-dealkylation sites (tertiary alicyclic amines) is 1. The molecule has 0 unspecified atom stereocenters. The molecule has 0 amide bonds. The number of ether oxygens (including phenoxy) is 1. The number of rotatable bonds is 6. The predicted molar refractivity (Wildman–Crippen MR) is 103 cm³/mol. The zero-order valence-electron chi connectivity index (χ0n) is 15.6. The van der Waals surface area contributed by atoms with Gasteiger partial charge in [0.05, 0.1) is 23.2 Å². The number of nitrogens with zero attached hydrogens (tertiary/aromatic N) is 2. The van der Waals surface area contributed by atoms with E-state index in [1.54, 1.807) is 0 Å². The average Bonchev–Trinajstić information content (AvgIpc) is 3.47. The quantitative estimate of drug-likeness (QED) is 0.732. The second-order valence-electron chi connectivity index (χ2n) is 7.92. The summed E-state index contributed by atoms with van der Waals surface area (Å²) >= 11 is 0. The number of piperidine rings is 1. The summed E-state index contributed by atoms with van der Waals surface area (Å²) in [6.07, 6.45) is 5.41. The Kier molecular flexibility index (Phi) is 4.94. The number of para-hydroxylation sites is 1. The first-order valence-corrected chi connectivity index (χ1v) is 9.93. The van der Waals surface area contributed by atoms with Crippen LogP contribution in [0.2, 0.25) is 0 Å². The van der Waals surface area contributed by atoms with Gasteiger partial charge in [-0.05, 0) is 57.3 Å². The minimum atomic E-state index is -0.246. The molecule has 0 N–H and O–H groups in total. The zero-order chi connectivity index (χ0) is 18.0. The van der Waals surface area contributed by atoms with Crippen LogP contribution >= 0.6 is 0 Å². The lowest BCUT2D eigenvalue weighted by atomic mass is 9.74. The minimum absolute atomic E-state index is 0.0374. The van der Waals surface area contributed by atoms with Crippen LogP contribution in [0.25, 0.3) is 10.9 Å². The third kappa shape index (κ3) is 3.75. The first-order valence-electron chi connectivity index (χ1n) is 9.93. The number of hydrogen-bond donors (Lipinski definition) is 0. The lowest BCUT2D eigenvalue weighted by Crippen LogP contribution is -2.45. The molecule has 0 bridgehead atoms. The molecule has 1 aliphatic carbocycles. The number of hydrogen-bond acceptors (Lipinski definition) is 4. The highest BCUT2D eigenvalue weighted by Crippen LogP contribution is 2.46. The summed E-state index contributed by atoms with van der Waals surface area (Å²) in [7, 11) is 0. The van der Waals surface area contributed by atoms with Gasteiger partial charge in [0.15, 0.2) is 0 Å². The Morgan fingerprint density at radius 2 is 1.96 bits per heavy atom. The fourth-order valence-corrected chi connectivity index (χ4v) is 4.21. The van der Waals surface area contributed by atoms with Gasteiger partial charge >= 0.3 is 5.97 Å². The van der Waals surface area contributed by atoms with Crippen LogP contribution in [-0.4, -0.2) is 35.5 Å². The van der Waals surface area contributed by atoms with Crippen LogP contribution in [0.15, 0.2) is 36.4 Å². The van der Waals surface area contributed by atoms with Gasteiger partial charge in [0, 0.05) is 11.9 Å². The molecule has 2 fully saturated rings. The van der Waals surface area contributed by atoms with Crippen molar-refractivity contribution in [1.29, 1.82) is 0 Å². The number of aromatic nitrogens is 1. The molecule has 2 heterocycles. The molecule has 0 radical (unpaired) electrons. The zero-order valence-corrected chi connectivity index (χ0v) is 15.6. The molecule has 1 saturated carbocycles. The van der Waals surface area contributed by atoms with Gasteiger partial charge in [-0.1, -0.05) is 37.1 Å². The second-order valence-corrected chi connectivity index (χ2v) is 7.92. The molecule has 26 heavy (non-hydrogen) atoms. The molecule has 4 nitrogen and oxygen atoms in total. The van der Waals surface area contributed by atoms with Crippen molar-refractivity contribution in [1.82, 2.24) is 9.88 Å². The maximum atomic E-state index is 12.6. The van der Waals surface area contributed by atoms with E-state index >= 15 is 0 Å². The topological polar surface area (TPSA) is 42.4 Å². The molecule has 4 rings (SSSR count). The average molecular weight is 352 g/mol. The SMILES string of the molecule is CCOC(=O)C1(CC2CC2)CCN(Cc2ccc3ccccc3n2)CC1. The molecule has 2 aliphatic rings. The smallest absolute Gasteiger partial charge is 0.312 e. The number of benzene rings is 1. The molecule has 1 aromatic carbocycles. The van der Waals surface area contributed by atoms with Gasteiger partial charge in [-0.3, -0.25) is 14.7 Å². The Hall–Kier alpha value is -1.94. The van der Waals surface area contributed by atoms with Gasteiger partial charge in [0.2, 0.25) is 0 Å². The van der Waals surface area contributed by atoms with E-state index < -0.39 is 0 Å². The standard InChI is InChI=1S/C22H28N2O2/c1-2-26-21(25)22(15-17-7-8-17)11-13-24(14-12-22)16-19-10-9-18-5-3-4-6-20(18)23-19/h3-6,9-10,17H,2,7-8,11-16H2,1H3. The van der Waals surface area contributed by atoms with E-state index in [4.69, 9.17) is 9.72 Å². The van der Waals surface area contributed by atoms with Crippen molar-refractivity contribution in [2.75, 3.05) is 19.7 Å². The molecule has 1 saturated heterocycles. The van der Waals surface area contributed by atoms with Gasteiger partial charge in [0.1, 0.15) is 0 Å². The first-order chi connectivity index (χ1) is 12.7. The van der Waals surface area contributed by atoms with Gasteiger partial charge in [-0.25, -0.2) is 0 Å². The van der Waals surface area contributed by atoms with E-state index in [0.29, 0.717) is 6.61 Å². The summed E-state index contributed by atoms with van der Waals surface area (Å²) in [4.78, 5) is 19.9. The maximum absolute atomic E-state index is 12.6. The molecule has 138 valence electrons. The Morgan fingerprint density at radius 1 is 1.19 bits per heavy atom. The highest BCUT2D eigenvalue weighted by molar-refractivity contribution is 5.78. The molecular formula is C22H28N2O2. The van der Waals surface area contributed by atoms with Crippen LogP contribution in [0.3, 0.4) is 0 Å². The molecule has 4 heteroatoms. The minimum Gasteiger partial charge on any atom is -0.466 e. The fraction of sp³-hybridized carbons (Fsp3) is 0.545. The third-order valence-electron chi connectivity index (χ3n) is 5.94. The molecule has 1 aliphatic heterocycles. The van der Waals surface area contributed by atoms with E-state index in [-0.39, 0.29) is 11.4 Å². The van der Waals surface area contributed by atoms with E-state index in [1.165, 1.54) is 18.2 Å². The summed E-state index contributed by atoms with van der Waals surface area (Å²) in [5, 5.41) is 1.18. The molecule has 2 aromatic rings. The molecule has 0 spiro atoms. The van der Waals surface area contributed by atoms with Crippen LogP contribution in [0.5, 0.6) is 0 Å². The van der Waals surface area contributed by atoms with Crippen LogP contribution in [0, 0.1) is 11.3 Å². The second kappa shape index (κ2) is 7.36. The largest absolute Gasteiger partial charge is 0.466 e. The lowest BCUT2D eigenvalue weighted by molar-refractivity contribution is -0.159. The van der Waals surface area contributed by atoms with Crippen LogP contribution in [0.1, 0.15) is 44.7 Å². The molecule has 1 aromatic heterocycles. The normalized spacial score (nSPS) is 20.2. The maximum Gasteiger partial charge on any atom is 0.312 e. The summed E-state index contributed by atoms with van der Waals surface area (Å²) in [6.45, 7) is 5.13. The predicted octanol–water partition coefficient (Wildman–Crippen LogP) is 4.18. The molecule has 0 atom stereocenters. The summed E-state index contributed by atoms with van der Waals surface area (Å²) < 4.78 is 5.45. The molecular weight excluding hydrogens is 324 g/mol. The van der Waals surface area contributed by atoms with E-state index in [2.05, 4.69) is 29.2 Å². The van der Waals surface area contributed by atoms with Crippen LogP contribution in [0.4, 0.5) is 0 Å². The lowest BCUT2D eigenvalue weighted by Gasteiger charge is -2.40. The van der Waals surface area contributed by atoms with Crippen molar-refractivity contribution in [3.63, 3.8) is 0 Å². The first kappa shape index (κ1) is 17.5. The van der Waals surface area contributed by atoms with Crippen LogP contribution in [-0.2, 0) is 16.1 Å². The Morgan fingerprint density at radius 3 is 2.69 bits per heavy atom. The van der Waals surface area contributed by atoms with Crippen molar-refractivity contribution in [3.05, 3.63) is 42.1 Å². The van der Waals surface area contributed by atoms with E-state index in [0.717, 1.165) is 56.0 Å². The third-order valence-corrected chi connectivity index (χ3v) is 5.94. The van der Waals surface area contributed by atoms with Crippen molar-refractivity contribution < 1.29 is 9.53 Å². The summed E-state index contributed by atoms with van der Waals surface area (Å²) in [5.41, 5.74) is 1.91.